The number of hydrogen-bond donors (Lipinski definition) is 2. The molecule has 3 aromatic rings. The Hall–Kier alpha value is -2.47. The Bertz CT molecular complexity index is 784. The maximum absolute atomic E-state index is 10.2. The summed E-state index contributed by atoms with van der Waals surface area (Å²) in [5, 5.41) is 18.0. The number of nitrogens with one attached hydrogen (secondary N) is 1. The smallest absolute Gasteiger partial charge is 0.155 e. The van der Waals surface area contributed by atoms with Crippen LogP contribution in [0.15, 0.2) is 36.7 Å². The lowest BCUT2D eigenvalue weighted by Crippen LogP contribution is -2.10. The Balaban J connectivity index is 1.72. The molecule has 1 aromatic carbocycles. The third kappa shape index (κ3) is 3.17. The molecule has 0 aliphatic carbocycles. The number of hydrogen-bond acceptors (Lipinski definition) is 5. The maximum Gasteiger partial charge on any atom is 0.155 e. The van der Waals surface area contributed by atoms with Crippen molar-refractivity contribution < 1.29 is 5.11 Å². The van der Waals surface area contributed by atoms with E-state index < -0.39 is 6.10 Å². The fourth-order valence-corrected chi connectivity index (χ4v) is 2.69. The van der Waals surface area contributed by atoms with E-state index in [0.29, 0.717) is 13.0 Å². The van der Waals surface area contributed by atoms with Gasteiger partial charge in [0.05, 0.1) is 11.8 Å². The largest absolute Gasteiger partial charge is 0.388 e. The summed E-state index contributed by atoms with van der Waals surface area (Å²) >= 11 is 0. The first-order valence-electron chi connectivity index (χ1n) is 7.85. The Morgan fingerprint density at radius 3 is 2.74 bits per heavy atom. The number of aliphatic hydroxyl groups is 1. The fourth-order valence-electron chi connectivity index (χ4n) is 2.69. The molecule has 2 N–H and O–H groups in total. The number of aryl methyl sites for hydroxylation is 2. The summed E-state index contributed by atoms with van der Waals surface area (Å²) in [6.07, 6.45) is 1.67. The van der Waals surface area contributed by atoms with Gasteiger partial charge in [-0.2, -0.15) is 5.10 Å². The third-order valence-corrected chi connectivity index (χ3v) is 3.89. The van der Waals surface area contributed by atoms with Crippen molar-refractivity contribution in [1.82, 2.24) is 19.7 Å². The predicted octanol–water partition coefficient (Wildman–Crippen LogP) is 2.69. The topological polar surface area (TPSA) is 75.9 Å². The Labute approximate surface area is 135 Å². The quantitative estimate of drug-likeness (QED) is 0.732. The van der Waals surface area contributed by atoms with E-state index in [9.17, 15) is 5.11 Å². The highest BCUT2D eigenvalue weighted by Crippen LogP contribution is 2.22. The summed E-state index contributed by atoms with van der Waals surface area (Å²) in [7, 11) is 0. The van der Waals surface area contributed by atoms with E-state index in [1.807, 2.05) is 48.9 Å². The number of nitrogens with zero attached hydrogens (tertiary/aromatic N) is 4. The van der Waals surface area contributed by atoms with Crippen molar-refractivity contribution in [1.29, 1.82) is 0 Å². The monoisotopic (exact) mass is 311 g/mol. The highest BCUT2D eigenvalue weighted by molar-refractivity contribution is 5.87. The molecular weight excluding hydrogens is 290 g/mol. The molecule has 0 bridgehead atoms. The average molecular weight is 311 g/mol. The summed E-state index contributed by atoms with van der Waals surface area (Å²) in [4.78, 5) is 8.65. The lowest BCUT2D eigenvalue weighted by Gasteiger charge is -2.12. The van der Waals surface area contributed by atoms with Gasteiger partial charge in [-0.15, -0.1) is 0 Å². The van der Waals surface area contributed by atoms with E-state index in [1.165, 1.54) is 0 Å². The normalized spacial score (nSPS) is 12.5. The van der Waals surface area contributed by atoms with Crippen LogP contribution in [0.5, 0.6) is 0 Å². The van der Waals surface area contributed by atoms with Crippen LogP contribution in [0.25, 0.3) is 11.0 Å². The molecular formula is C17H21N5O. The molecule has 3 rings (SSSR count). The third-order valence-electron chi connectivity index (χ3n) is 3.89. The summed E-state index contributed by atoms with van der Waals surface area (Å²) in [5.41, 5.74) is 3.61. The zero-order chi connectivity index (χ0) is 16.2. The zero-order valence-electron chi connectivity index (χ0n) is 13.4. The molecule has 6 nitrogen and oxygen atoms in total. The zero-order valence-corrected chi connectivity index (χ0v) is 13.4. The average Bonchev–Trinajstić information content (AvgIpc) is 2.93. The second-order valence-corrected chi connectivity index (χ2v) is 5.46. The molecule has 0 saturated heterocycles. The van der Waals surface area contributed by atoms with Gasteiger partial charge in [-0.1, -0.05) is 30.3 Å². The first-order valence-corrected chi connectivity index (χ1v) is 7.85. The van der Waals surface area contributed by atoms with Crippen molar-refractivity contribution in [3.8, 4) is 0 Å². The van der Waals surface area contributed by atoms with Crippen molar-refractivity contribution in [2.24, 2.45) is 0 Å². The van der Waals surface area contributed by atoms with Gasteiger partial charge in [0.15, 0.2) is 5.82 Å². The summed E-state index contributed by atoms with van der Waals surface area (Å²) < 4.78 is 1.90. The van der Waals surface area contributed by atoms with E-state index in [-0.39, 0.29) is 0 Å². The van der Waals surface area contributed by atoms with E-state index in [0.717, 1.165) is 34.7 Å². The molecule has 0 fully saturated rings. The minimum Gasteiger partial charge on any atom is -0.388 e. The van der Waals surface area contributed by atoms with Crippen molar-refractivity contribution in [2.45, 2.75) is 32.9 Å². The molecule has 120 valence electrons. The highest BCUT2D eigenvalue weighted by atomic mass is 16.3. The van der Waals surface area contributed by atoms with Gasteiger partial charge in [0.2, 0.25) is 0 Å². The number of aromatic nitrogens is 4. The Kier molecular flexibility index (Phi) is 4.52. The van der Waals surface area contributed by atoms with Crippen LogP contribution in [-0.4, -0.2) is 31.4 Å². The molecule has 1 atom stereocenters. The predicted molar refractivity (Wildman–Crippen MR) is 90.2 cm³/mol. The van der Waals surface area contributed by atoms with Crippen molar-refractivity contribution in [3.05, 3.63) is 47.9 Å². The van der Waals surface area contributed by atoms with Gasteiger partial charge in [0.1, 0.15) is 17.4 Å². The molecule has 0 unspecified atom stereocenters. The maximum atomic E-state index is 10.2. The van der Waals surface area contributed by atoms with Crippen molar-refractivity contribution >= 4 is 16.9 Å². The van der Waals surface area contributed by atoms with Crippen molar-refractivity contribution in [2.75, 3.05) is 11.9 Å². The Morgan fingerprint density at radius 1 is 1.22 bits per heavy atom. The van der Waals surface area contributed by atoms with Gasteiger partial charge >= 0.3 is 0 Å². The Morgan fingerprint density at radius 2 is 2.00 bits per heavy atom. The van der Waals surface area contributed by atoms with Crippen LogP contribution < -0.4 is 5.32 Å². The van der Waals surface area contributed by atoms with Gasteiger partial charge in [-0.25, -0.2) is 9.97 Å². The molecule has 0 aliphatic rings. The van der Waals surface area contributed by atoms with Crippen LogP contribution in [0.4, 0.5) is 5.82 Å². The number of fused-ring (bicyclic) bond motifs is 1. The number of rotatable bonds is 6. The second kappa shape index (κ2) is 6.75. The first kappa shape index (κ1) is 15.4. The molecule has 0 aliphatic heterocycles. The van der Waals surface area contributed by atoms with Gasteiger partial charge in [-0.05, 0) is 25.8 Å². The summed E-state index contributed by atoms with van der Waals surface area (Å²) in [5.74, 6) is 0.762. The number of aliphatic hydroxyl groups excluding tert-OH is 1. The van der Waals surface area contributed by atoms with Crippen LogP contribution in [0, 0.1) is 6.92 Å². The van der Waals surface area contributed by atoms with Gasteiger partial charge < -0.3 is 10.4 Å². The fraction of sp³-hybridized carbons (Fsp3) is 0.353. The van der Waals surface area contributed by atoms with Gasteiger partial charge in [0.25, 0.3) is 0 Å². The van der Waals surface area contributed by atoms with Crippen LogP contribution >= 0.6 is 0 Å². The first-order chi connectivity index (χ1) is 11.2. The molecule has 0 saturated carbocycles. The van der Waals surface area contributed by atoms with Gasteiger partial charge in [0, 0.05) is 13.1 Å². The van der Waals surface area contributed by atoms with Crippen LogP contribution in [0.3, 0.4) is 0 Å². The number of benzene rings is 1. The van der Waals surface area contributed by atoms with Crippen LogP contribution in [-0.2, 0) is 6.54 Å². The molecule has 0 radical (unpaired) electrons. The lowest BCUT2D eigenvalue weighted by molar-refractivity contribution is 0.171. The standard InChI is InChI=1S/C17H21N5O/c1-3-22-16-15(12(2)21-22)19-11-20-17(16)18-10-9-14(23)13-7-5-4-6-8-13/h4-8,11,14,23H,3,9-10H2,1-2H3,(H,18,19,20)/t14-/m0/s1. The molecule has 6 heteroatoms. The molecule has 2 aromatic heterocycles. The minimum absolute atomic E-state index is 0.487. The minimum atomic E-state index is -0.487. The summed E-state index contributed by atoms with van der Waals surface area (Å²) in [6.45, 7) is 5.38. The second-order valence-electron chi connectivity index (χ2n) is 5.46. The van der Waals surface area contributed by atoms with Crippen LogP contribution in [0.1, 0.15) is 30.7 Å². The lowest BCUT2D eigenvalue weighted by atomic mass is 10.1. The van der Waals surface area contributed by atoms with E-state index in [4.69, 9.17) is 0 Å². The van der Waals surface area contributed by atoms with E-state index >= 15 is 0 Å². The van der Waals surface area contributed by atoms with E-state index in [2.05, 4.69) is 20.4 Å². The molecule has 23 heavy (non-hydrogen) atoms. The van der Waals surface area contributed by atoms with E-state index in [1.54, 1.807) is 6.33 Å². The number of anilines is 1. The van der Waals surface area contributed by atoms with Gasteiger partial charge in [-0.3, -0.25) is 4.68 Å². The molecule has 0 amide bonds. The molecule has 0 spiro atoms. The van der Waals surface area contributed by atoms with Crippen molar-refractivity contribution in [3.63, 3.8) is 0 Å². The SMILES string of the molecule is CCn1nc(C)c2ncnc(NCC[C@H](O)c3ccccc3)c21. The summed E-state index contributed by atoms with van der Waals surface area (Å²) in [6, 6.07) is 9.68. The van der Waals surface area contributed by atoms with Crippen LogP contribution in [0.2, 0.25) is 0 Å². The molecule has 2 heterocycles. The highest BCUT2D eigenvalue weighted by Gasteiger charge is 2.13.